The summed E-state index contributed by atoms with van der Waals surface area (Å²) in [6.45, 7) is 1.86. The van der Waals surface area contributed by atoms with E-state index in [2.05, 4.69) is 0 Å². The Morgan fingerprint density at radius 3 is 2.41 bits per heavy atom. The highest BCUT2D eigenvalue weighted by atomic mass is 16.5. The van der Waals surface area contributed by atoms with E-state index in [-0.39, 0.29) is 12.5 Å². The standard InChI is InChI=1S/C11H21NO5/c1-15-4-5-16-6-7-17-8-11(12,10(13)14)9-2-3-9/h9H,2-8,12H2,1H3,(H,13,14). The third kappa shape index (κ3) is 4.59. The molecule has 0 aromatic heterocycles. The first-order valence-corrected chi connectivity index (χ1v) is 5.78. The smallest absolute Gasteiger partial charge is 0.326 e. The fraction of sp³-hybridized carbons (Fsp3) is 0.909. The first-order valence-electron chi connectivity index (χ1n) is 5.78. The maximum absolute atomic E-state index is 11.1. The van der Waals surface area contributed by atoms with Gasteiger partial charge in [-0.05, 0) is 18.8 Å². The van der Waals surface area contributed by atoms with Crippen LogP contribution in [0.25, 0.3) is 0 Å². The maximum Gasteiger partial charge on any atom is 0.326 e. The number of hydrogen-bond acceptors (Lipinski definition) is 5. The van der Waals surface area contributed by atoms with Crippen molar-refractivity contribution in [3.05, 3.63) is 0 Å². The second kappa shape index (κ2) is 6.90. The lowest BCUT2D eigenvalue weighted by Gasteiger charge is -2.24. The van der Waals surface area contributed by atoms with Gasteiger partial charge in [0.2, 0.25) is 0 Å². The van der Waals surface area contributed by atoms with Crippen LogP contribution in [0.2, 0.25) is 0 Å². The molecule has 1 saturated carbocycles. The molecule has 17 heavy (non-hydrogen) atoms. The maximum atomic E-state index is 11.1. The van der Waals surface area contributed by atoms with Gasteiger partial charge in [-0.1, -0.05) is 0 Å². The number of rotatable bonds is 10. The molecule has 1 aliphatic rings. The Bertz CT molecular complexity index is 244. The van der Waals surface area contributed by atoms with Gasteiger partial charge in [0, 0.05) is 7.11 Å². The van der Waals surface area contributed by atoms with Crippen LogP contribution in [0.15, 0.2) is 0 Å². The zero-order valence-electron chi connectivity index (χ0n) is 10.2. The molecule has 3 N–H and O–H groups in total. The van der Waals surface area contributed by atoms with Gasteiger partial charge in [0.05, 0.1) is 33.0 Å². The van der Waals surface area contributed by atoms with Crippen LogP contribution in [0.1, 0.15) is 12.8 Å². The molecule has 0 heterocycles. The minimum atomic E-state index is -1.23. The van der Waals surface area contributed by atoms with Crippen LogP contribution in [0.3, 0.4) is 0 Å². The van der Waals surface area contributed by atoms with E-state index in [0.717, 1.165) is 12.8 Å². The number of carbonyl (C=O) groups is 1. The fourth-order valence-corrected chi connectivity index (χ4v) is 1.56. The molecule has 1 fully saturated rings. The topological polar surface area (TPSA) is 91.0 Å². The number of carboxylic acid groups (broad SMARTS) is 1. The molecular formula is C11H21NO5. The quantitative estimate of drug-likeness (QED) is 0.522. The molecular weight excluding hydrogens is 226 g/mol. The molecule has 6 nitrogen and oxygen atoms in total. The predicted molar refractivity (Wildman–Crippen MR) is 60.8 cm³/mol. The number of hydrogen-bond donors (Lipinski definition) is 2. The van der Waals surface area contributed by atoms with Crippen molar-refractivity contribution in [2.24, 2.45) is 11.7 Å². The summed E-state index contributed by atoms with van der Waals surface area (Å²) in [5, 5.41) is 9.06. The van der Waals surface area contributed by atoms with Crippen molar-refractivity contribution in [3.8, 4) is 0 Å². The number of ether oxygens (including phenoxy) is 3. The lowest BCUT2D eigenvalue weighted by Crippen LogP contribution is -2.54. The average molecular weight is 247 g/mol. The zero-order valence-corrected chi connectivity index (χ0v) is 10.2. The Kier molecular flexibility index (Phi) is 5.84. The van der Waals surface area contributed by atoms with Crippen molar-refractivity contribution in [2.75, 3.05) is 40.1 Å². The summed E-state index contributed by atoms with van der Waals surface area (Å²) in [5.41, 5.74) is 4.59. The van der Waals surface area contributed by atoms with Crippen molar-refractivity contribution in [2.45, 2.75) is 18.4 Å². The van der Waals surface area contributed by atoms with E-state index in [1.54, 1.807) is 7.11 Å². The molecule has 0 aromatic rings. The Balaban J connectivity index is 2.09. The van der Waals surface area contributed by atoms with Crippen LogP contribution in [-0.2, 0) is 19.0 Å². The Morgan fingerprint density at radius 1 is 1.29 bits per heavy atom. The third-order valence-electron chi connectivity index (χ3n) is 2.85. The fourth-order valence-electron chi connectivity index (χ4n) is 1.56. The average Bonchev–Trinajstić information content (AvgIpc) is 3.11. The number of carboxylic acids is 1. The van der Waals surface area contributed by atoms with Crippen LogP contribution in [-0.4, -0.2) is 56.8 Å². The Morgan fingerprint density at radius 2 is 1.88 bits per heavy atom. The highest BCUT2D eigenvalue weighted by Crippen LogP contribution is 2.38. The molecule has 1 rings (SSSR count). The molecule has 0 amide bonds. The van der Waals surface area contributed by atoms with Crippen molar-refractivity contribution in [3.63, 3.8) is 0 Å². The van der Waals surface area contributed by atoms with E-state index < -0.39 is 11.5 Å². The van der Waals surface area contributed by atoms with E-state index in [0.29, 0.717) is 26.4 Å². The molecule has 0 saturated heterocycles. The number of nitrogens with two attached hydrogens (primary N) is 1. The molecule has 1 unspecified atom stereocenters. The van der Waals surface area contributed by atoms with Gasteiger partial charge < -0.3 is 25.1 Å². The van der Waals surface area contributed by atoms with Gasteiger partial charge in [-0.2, -0.15) is 0 Å². The lowest BCUT2D eigenvalue weighted by atomic mass is 9.96. The number of aliphatic carboxylic acids is 1. The molecule has 0 bridgehead atoms. The first kappa shape index (κ1) is 14.4. The van der Waals surface area contributed by atoms with Crippen molar-refractivity contribution >= 4 is 5.97 Å². The third-order valence-corrected chi connectivity index (χ3v) is 2.85. The van der Waals surface area contributed by atoms with E-state index in [1.165, 1.54) is 0 Å². The summed E-state index contributed by atoms with van der Waals surface area (Å²) in [7, 11) is 1.60. The molecule has 1 aliphatic carbocycles. The Hall–Kier alpha value is -0.690. The van der Waals surface area contributed by atoms with Gasteiger partial charge in [-0.3, -0.25) is 4.79 Å². The summed E-state index contributed by atoms with van der Waals surface area (Å²) < 4.78 is 15.3. The van der Waals surface area contributed by atoms with Crippen molar-refractivity contribution < 1.29 is 24.1 Å². The summed E-state index contributed by atoms with van der Waals surface area (Å²) in [5.74, 6) is -0.935. The SMILES string of the molecule is COCCOCCOCC(N)(C(=O)O)C1CC1. The van der Waals surface area contributed by atoms with Crippen LogP contribution < -0.4 is 5.73 Å². The Labute approximate surface area is 101 Å². The molecule has 100 valence electrons. The van der Waals surface area contributed by atoms with Crippen LogP contribution in [0.5, 0.6) is 0 Å². The van der Waals surface area contributed by atoms with Gasteiger partial charge in [0.15, 0.2) is 0 Å². The molecule has 0 aromatic carbocycles. The second-order valence-corrected chi connectivity index (χ2v) is 4.28. The highest BCUT2D eigenvalue weighted by Gasteiger charge is 2.48. The van der Waals surface area contributed by atoms with Gasteiger partial charge in [0.25, 0.3) is 0 Å². The van der Waals surface area contributed by atoms with Crippen molar-refractivity contribution in [1.29, 1.82) is 0 Å². The van der Waals surface area contributed by atoms with Crippen LogP contribution >= 0.6 is 0 Å². The lowest BCUT2D eigenvalue weighted by molar-refractivity contribution is -0.147. The van der Waals surface area contributed by atoms with Gasteiger partial charge in [-0.15, -0.1) is 0 Å². The van der Waals surface area contributed by atoms with Crippen molar-refractivity contribution in [1.82, 2.24) is 0 Å². The minimum absolute atomic E-state index is 0.0423. The second-order valence-electron chi connectivity index (χ2n) is 4.28. The summed E-state index contributed by atoms with van der Waals surface area (Å²) >= 11 is 0. The van der Waals surface area contributed by atoms with Crippen LogP contribution in [0, 0.1) is 5.92 Å². The summed E-state index contributed by atoms with van der Waals surface area (Å²) in [6, 6.07) is 0. The molecule has 0 aliphatic heterocycles. The molecule has 0 spiro atoms. The zero-order chi connectivity index (χ0) is 12.7. The monoisotopic (exact) mass is 247 g/mol. The highest BCUT2D eigenvalue weighted by molar-refractivity contribution is 5.79. The summed E-state index contributed by atoms with van der Waals surface area (Å²) in [4.78, 5) is 11.1. The molecule has 6 heteroatoms. The molecule has 1 atom stereocenters. The first-order chi connectivity index (χ1) is 8.11. The van der Waals surface area contributed by atoms with E-state index in [9.17, 15) is 4.79 Å². The minimum Gasteiger partial charge on any atom is -0.480 e. The van der Waals surface area contributed by atoms with E-state index in [4.69, 9.17) is 25.1 Å². The van der Waals surface area contributed by atoms with E-state index in [1.807, 2.05) is 0 Å². The largest absolute Gasteiger partial charge is 0.480 e. The van der Waals surface area contributed by atoms with Crippen LogP contribution in [0.4, 0.5) is 0 Å². The normalized spacial score (nSPS) is 18.9. The molecule has 0 radical (unpaired) electrons. The van der Waals surface area contributed by atoms with E-state index >= 15 is 0 Å². The summed E-state index contributed by atoms with van der Waals surface area (Å²) in [6.07, 6.45) is 1.74. The number of methoxy groups -OCH3 is 1. The van der Waals surface area contributed by atoms with Gasteiger partial charge in [0.1, 0.15) is 5.54 Å². The van der Waals surface area contributed by atoms with Gasteiger partial charge in [-0.25, -0.2) is 0 Å². The predicted octanol–water partition coefficient (Wildman–Crippen LogP) is -0.142. The van der Waals surface area contributed by atoms with Gasteiger partial charge >= 0.3 is 5.97 Å².